The zero-order valence-electron chi connectivity index (χ0n) is 13.7. The molecular formula is C16H23N3O3S. The smallest absolute Gasteiger partial charge is 0.303 e. The second kappa shape index (κ2) is 7.14. The second-order valence-corrected chi connectivity index (χ2v) is 7.15. The first-order valence-corrected chi connectivity index (χ1v) is 9.18. The molecule has 2 rings (SSSR count). The van der Waals surface area contributed by atoms with E-state index in [1.54, 1.807) is 13.8 Å². The van der Waals surface area contributed by atoms with Crippen molar-refractivity contribution in [2.75, 3.05) is 13.1 Å². The summed E-state index contributed by atoms with van der Waals surface area (Å²) in [4.78, 5) is 15.1. The van der Waals surface area contributed by atoms with Crippen LogP contribution in [0.2, 0.25) is 0 Å². The number of nitrogens with one attached hydrogen (secondary N) is 2. The minimum atomic E-state index is -3.74. The summed E-state index contributed by atoms with van der Waals surface area (Å²) in [6.45, 7) is 6.16. The number of aromatic amines is 1. The third-order valence-electron chi connectivity index (χ3n) is 3.83. The number of hydrogen-bond donors (Lipinski definition) is 2. The molecule has 0 aliphatic rings. The van der Waals surface area contributed by atoms with Crippen molar-refractivity contribution in [1.82, 2.24) is 14.0 Å². The van der Waals surface area contributed by atoms with Crippen molar-refractivity contribution in [3.05, 3.63) is 35.5 Å². The highest BCUT2D eigenvalue weighted by Crippen LogP contribution is 2.20. The monoisotopic (exact) mass is 337 g/mol. The number of carbonyl (C=O) groups excluding carboxylic acids is 1. The minimum Gasteiger partial charge on any atom is -0.361 e. The van der Waals surface area contributed by atoms with E-state index in [2.05, 4.69) is 15.8 Å². The van der Waals surface area contributed by atoms with E-state index in [1.807, 2.05) is 25.3 Å². The summed E-state index contributed by atoms with van der Waals surface area (Å²) in [6.07, 6.45) is 2.49. The number of rotatable bonds is 7. The highest BCUT2D eigenvalue weighted by atomic mass is 32.2. The zero-order chi connectivity index (χ0) is 17.0. The molecule has 2 aromatic rings. The Kier molecular flexibility index (Phi) is 5.43. The third-order valence-corrected chi connectivity index (χ3v) is 5.51. The Morgan fingerprint density at radius 2 is 1.96 bits per heavy atom. The van der Waals surface area contributed by atoms with E-state index in [4.69, 9.17) is 0 Å². The van der Waals surface area contributed by atoms with E-state index in [0.717, 1.165) is 22.0 Å². The van der Waals surface area contributed by atoms with Gasteiger partial charge in [-0.3, -0.25) is 4.79 Å². The lowest BCUT2D eigenvalue weighted by atomic mass is 10.1. The van der Waals surface area contributed by atoms with Gasteiger partial charge in [-0.1, -0.05) is 25.5 Å². The molecule has 0 fully saturated rings. The van der Waals surface area contributed by atoms with Gasteiger partial charge < -0.3 is 4.98 Å². The first-order chi connectivity index (χ1) is 10.9. The van der Waals surface area contributed by atoms with Gasteiger partial charge in [0.15, 0.2) is 0 Å². The molecule has 0 saturated carbocycles. The van der Waals surface area contributed by atoms with Gasteiger partial charge in [0, 0.05) is 36.6 Å². The van der Waals surface area contributed by atoms with Gasteiger partial charge in [0.05, 0.1) is 0 Å². The Labute approximate surface area is 137 Å². The molecule has 0 radical (unpaired) electrons. The highest BCUT2D eigenvalue weighted by Gasteiger charge is 2.21. The lowest BCUT2D eigenvalue weighted by Crippen LogP contribution is -2.43. The molecule has 0 atom stereocenters. The van der Waals surface area contributed by atoms with Gasteiger partial charge in [-0.25, -0.2) is 4.72 Å². The molecule has 1 heterocycles. The van der Waals surface area contributed by atoms with Crippen molar-refractivity contribution in [2.24, 2.45) is 0 Å². The van der Waals surface area contributed by atoms with Crippen LogP contribution in [-0.2, 0) is 21.4 Å². The van der Waals surface area contributed by atoms with Crippen molar-refractivity contribution in [1.29, 1.82) is 0 Å². The van der Waals surface area contributed by atoms with Gasteiger partial charge in [-0.15, -0.1) is 0 Å². The molecule has 7 heteroatoms. The molecule has 0 aliphatic heterocycles. The number of aromatic nitrogens is 1. The van der Waals surface area contributed by atoms with Crippen LogP contribution in [0.25, 0.3) is 10.9 Å². The van der Waals surface area contributed by atoms with Crippen LogP contribution in [0.3, 0.4) is 0 Å². The summed E-state index contributed by atoms with van der Waals surface area (Å²) in [7, 11) is -3.74. The van der Waals surface area contributed by atoms with Crippen LogP contribution >= 0.6 is 0 Å². The Morgan fingerprint density at radius 3 is 2.61 bits per heavy atom. The molecule has 126 valence electrons. The van der Waals surface area contributed by atoms with Crippen molar-refractivity contribution in [3.8, 4) is 0 Å². The second-order valence-electron chi connectivity index (χ2n) is 5.48. The molecule has 23 heavy (non-hydrogen) atoms. The molecule has 2 N–H and O–H groups in total. The van der Waals surface area contributed by atoms with Crippen LogP contribution in [0.4, 0.5) is 0 Å². The average molecular weight is 337 g/mol. The maximum Gasteiger partial charge on any atom is 0.303 e. The lowest BCUT2D eigenvalue weighted by molar-refractivity contribution is -0.119. The minimum absolute atomic E-state index is 0.126. The first-order valence-electron chi connectivity index (χ1n) is 7.74. The Hall–Kier alpha value is -1.86. The van der Waals surface area contributed by atoms with Gasteiger partial charge >= 0.3 is 10.2 Å². The van der Waals surface area contributed by atoms with Crippen molar-refractivity contribution in [3.63, 3.8) is 0 Å². The van der Waals surface area contributed by atoms with Gasteiger partial charge in [-0.2, -0.15) is 12.7 Å². The van der Waals surface area contributed by atoms with Gasteiger partial charge in [0.2, 0.25) is 5.91 Å². The van der Waals surface area contributed by atoms with Crippen LogP contribution < -0.4 is 4.72 Å². The summed E-state index contributed by atoms with van der Waals surface area (Å²) >= 11 is 0. The van der Waals surface area contributed by atoms with E-state index in [9.17, 15) is 13.2 Å². The van der Waals surface area contributed by atoms with Crippen molar-refractivity contribution in [2.45, 2.75) is 33.6 Å². The number of fused-ring (bicyclic) bond motifs is 1. The number of nitrogens with zero attached hydrogens (tertiary/aromatic N) is 1. The van der Waals surface area contributed by atoms with E-state index in [1.165, 1.54) is 4.31 Å². The molecular weight excluding hydrogens is 314 g/mol. The zero-order valence-corrected chi connectivity index (χ0v) is 14.5. The van der Waals surface area contributed by atoms with E-state index < -0.39 is 16.1 Å². The van der Waals surface area contributed by atoms with Gasteiger partial charge in [0.1, 0.15) is 0 Å². The van der Waals surface area contributed by atoms with Crippen LogP contribution in [0.15, 0.2) is 24.4 Å². The first kappa shape index (κ1) is 17.5. The van der Waals surface area contributed by atoms with Crippen LogP contribution in [0.5, 0.6) is 0 Å². The molecule has 6 nitrogen and oxygen atoms in total. The van der Waals surface area contributed by atoms with Crippen molar-refractivity contribution < 1.29 is 13.2 Å². The van der Waals surface area contributed by atoms with E-state index in [-0.39, 0.29) is 6.42 Å². The Balaban J connectivity index is 2.02. The number of benzene rings is 1. The molecule has 1 aromatic carbocycles. The maximum absolute atomic E-state index is 12.0. The summed E-state index contributed by atoms with van der Waals surface area (Å²) in [5, 5.41) is 1.07. The number of hydrogen-bond acceptors (Lipinski definition) is 3. The summed E-state index contributed by atoms with van der Waals surface area (Å²) < 4.78 is 27.4. The van der Waals surface area contributed by atoms with Crippen LogP contribution in [-0.4, -0.2) is 36.7 Å². The average Bonchev–Trinajstić information content (AvgIpc) is 2.87. The Bertz CT molecular complexity index is 792. The number of aryl methyl sites for hydroxylation is 2. The predicted molar refractivity (Wildman–Crippen MR) is 91.3 cm³/mol. The largest absolute Gasteiger partial charge is 0.361 e. The normalized spacial score (nSPS) is 12.0. The van der Waals surface area contributed by atoms with E-state index >= 15 is 0 Å². The number of H-pyrrole nitrogens is 1. The number of amides is 1. The third kappa shape index (κ3) is 4.11. The predicted octanol–water partition coefficient (Wildman–Crippen LogP) is 2.11. The van der Waals surface area contributed by atoms with Gasteiger partial charge in [-0.05, 0) is 31.0 Å². The topological polar surface area (TPSA) is 82.3 Å². The molecule has 0 spiro atoms. The van der Waals surface area contributed by atoms with Gasteiger partial charge in [0.25, 0.3) is 0 Å². The summed E-state index contributed by atoms with van der Waals surface area (Å²) in [5.74, 6) is -0.487. The molecule has 0 bridgehead atoms. The molecule has 1 aromatic heterocycles. The molecule has 1 amide bonds. The van der Waals surface area contributed by atoms with Crippen molar-refractivity contribution >= 4 is 27.0 Å². The number of carbonyl (C=O) groups is 1. The quantitative estimate of drug-likeness (QED) is 0.812. The fourth-order valence-electron chi connectivity index (χ4n) is 2.57. The summed E-state index contributed by atoms with van der Waals surface area (Å²) in [6, 6.07) is 6.08. The SMILES string of the molecule is CCN(CC)S(=O)(=O)NC(=O)CCc1c[nH]c2ccc(C)cc12. The van der Waals surface area contributed by atoms with Crippen LogP contribution in [0.1, 0.15) is 31.4 Å². The van der Waals surface area contributed by atoms with E-state index in [0.29, 0.717) is 19.5 Å². The maximum atomic E-state index is 12.0. The summed E-state index contributed by atoms with van der Waals surface area (Å²) in [5.41, 5.74) is 3.17. The standard InChI is InChI=1S/C16H23N3O3S/c1-4-19(5-2)23(21,22)18-16(20)9-7-13-11-17-15-8-6-12(3)10-14(13)15/h6,8,10-11,17H,4-5,7,9H2,1-3H3,(H,18,20). The Morgan fingerprint density at radius 1 is 1.26 bits per heavy atom. The highest BCUT2D eigenvalue weighted by molar-refractivity contribution is 7.87. The lowest BCUT2D eigenvalue weighted by Gasteiger charge is -2.18. The molecule has 0 saturated heterocycles. The molecule has 0 aliphatic carbocycles. The van der Waals surface area contributed by atoms with Crippen LogP contribution in [0, 0.1) is 6.92 Å². The fourth-order valence-corrected chi connectivity index (χ4v) is 3.77. The fraction of sp³-hybridized carbons (Fsp3) is 0.438. The molecule has 0 unspecified atom stereocenters.